The third-order valence-electron chi connectivity index (χ3n) is 8.22. The van der Waals surface area contributed by atoms with Gasteiger partial charge in [-0.3, -0.25) is 0 Å². The van der Waals surface area contributed by atoms with Gasteiger partial charge in [0.25, 0.3) is 0 Å². The first-order valence-corrected chi connectivity index (χ1v) is 12.4. The molecule has 0 amide bonds. The van der Waals surface area contributed by atoms with E-state index in [9.17, 15) is 0 Å². The minimum Gasteiger partial charge on any atom is -0.454 e. The number of furan rings is 1. The summed E-state index contributed by atoms with van der Waals surface area (Å²) in [7, 11) is 0. The third-order valence-corrected chi connectivity index (χ3v) is 8.22. The van der Waals surface area contributed by atoms with Crippen molar-refractivity contribution in [2.45, 2.75) is 32.9 Å². The largest absolute Gasteiger partial charge is 0.454 e. The van der Waals surface area contributed by atoms with Crippen molar-refractivity contribution in [3.63, 3.8) is 0 Å². The van der Waals surface area contributed by atoms with E-state index in [1.54, 1.807) is 0 Å². The van der Waals surface area contributed by atoms with Crippen LogP contribution in [0.5, 0.6) is 0 Å². The Kier molecular flexibility index (Phi) is 4.20. The van der Waals surface area contributed by atoms with Gasteiger partial charge in [0.15, 0.2) is 11.4 Å². The Hall–Kier alpha value is -4.05. The molecule has 7 rings (SSSR count). The first kappa shape index (κ1) is 20.3. The molecule has 0 radical (unpaired) electrons. The Morgan fingerprint density at radius 3 is 2.43 bits per heavy atom. The van der Waals surface area contributed by atoms with Crippen LogP contribution < -0.4 is 9.80 Å². The zero-order valence-corrected chi connectivity index (χ0v) is 20.0. The summed E-state index contributed by atoms with van der Waals surface area (Å²) in [6.45, 7) is 9.33. The zero-order chi connectivity index (χ0) is 23.7. The monoisotopic (exact) mass is 457 g/mol. The minimum atomic E-state index is -0.163. The Balaban J connectivity index is 1.62. The van der Waals surface area contributed by atoms with Gasteiger partial charge in [-0.15, -0.1) is 0 Å². The van der Waals surface area contributed by atoms with Crippen molar-refractivity contribution in [2.75, 3.05) is 9.80 Å². The standard InChI is InChI=1S/C31H27N3O/c1-4-31(5-2)20(3)22-17-18-24-23-14-9-10-16-26(23)35-28(24)27(22)34-25-15-11-19-32-29(25)33(30(31)34)21-12-7-6-8-13-21/h6-19,30H,3-5H2,1-2H3. The maximum absolute atomic E-state index is 6.58. The smallest absolute Gasteiger partial charge is 0.159 e. The lowest BCUT2D eigenvalue weighted by Crippen LogP contribution is -2.54. The van der Waals surface area contributed by atoms with Gasteiger partial charge in [-0.2, -0.15) is 0 Å². The second kappa shape index (κ2) is 7.22. The number of aromatic nitrogens is 1. The molecular weight excluding hydrogens is 430 g/mol. The summed E-state index contributed by atoms with van der Waals surface area (Å²) in [4.78, 5) is 9.82. The van der Waals surface area contributed by atoms with E-state index in [1.807, 2.05) is 18.3 Å². The predicted molar refractivity (Wildman–Crippen MR) is 145 cm³/mol. The normalized spacial score (nSPS) is 18.1. The molecule has 0 aliphatic carbocycles. The van der Waals surface area contributed by atoms with Gasteiger partial charge in [0.05, 0.1) is 11.4 Å². The van der Waals surface area contributed by atoms with Crippen LogP contribution in [0.25, 0.3) is 27.5 Å². The van der Waals surface area contributed by atoms with Gasteiger partial charge in [-0.1, -0.05) is 62.9 Å². The van der Waals surface area contributed by atoms with E-state index in [-0.39, 0.29) is 11.6 Å². The fourth-order valence-electron chi connectivity index (χ4n) is 6.44. The Morgan fingerprint density at radius 1 is 0.857 bits per heavy atom. The average molecular weight is 458 g/mol. The van der Waals surface area contributed by atoms with Gasteiger partial charge in [-0.05, 0) is 54.8 Å². The van der Waals surface area contributed by atoms with E-state index in [0.29, 0.717) is 0 Å². The summed E-state index contributed by atoms with van der Waals surface area (Å²) in [5.41, 5.74) is 7.35. The average Bonchev–Trinajstić information content (AvgIpc) is 3.46. The molecule has 172 valence electrons. The molecule has 5 aromatic rings. The Bertz CT molecular complexity index is 1610. The number of hydrogen-bond donors (Lipinski definition) is 0. The van der Waals surface area contributed by atoms with Crippen LogP contribution in [0.1, 0.15) is 32.3 Å². The van der Waals surface area contributed by atoms with Crippen LogP contribution in [0.15, 0.2) is 96.1 Å². The number of hydrogen-bond acceptors (Lipinski definition) is 4. The number of nitrogens with zero attached hydrogens (tertiary/aromatic N) is 3. The van der Waals surface area contributed by atoms with Crippen molar-refractivity contribution in [1.29, 1.82) is 0 Å². The van der Waals surface area contributed by atoms with Crippen LogP contribution in [-0.2, 0) is 0 Å². The van der Waals surface area contributed by atoms with Crippen LogP contribution in [-0.4, -0.2) is 11.1 Å². The predicted octanol–water partition coefficient (Wildman–Crippen LogP) is 8.43. The van der Waals surface area contributed by atoms with E-state index in [4.69, 9.17) is 16.0 Å². The van der Waals surface area contributed by atoms with Crippen molar-refractivity contribution >= 4 is 50.4 Å². The summed E-state index contributed by atoms with van der Waals surface area (Å²) in [5, 5.41) is 2.27. The minimum absolute atomic E-state index is 0.00334. The molecule has 3 aromatic carbocycles. The molecule has 0 spiro atoms. The van der Waals surface area contributed by atoms with Crippen LogP contribution in [0.4, 0.5) is 22.9 Å². The van der Waals surface area contributed by atoms with Crippen molar-refractivity contribution in [3.8, 4) is 0 Å². The molecule has 2 aliphatic rings. The molecule has 0 saturated heterocycles. The molecule has 4 heterocycles. The fraction of sp³-hybridized carbons (Fsp3) is 0.194. The highest BCUT2D eigenvalue weighted by Gasteiger charge is 2.55. The lowest BCUT2D eigenvalue weighted by atomic mass is 9.67. The highest BCUT2D eigenvalue weighted by molar-refractivity contribution is 6.13. The van der Waals surface area contributed by atoms with E-state index in [0.717, 1.165) is 57.7 Å². The van der Waals surface area contributed by atoms with Gasteiger partial charge in [-0.25, -0.2) is 4.98 Å². The van der Waals surface area contributed by atoms with E-state index in [2.05, 4.69) is 90.4 Å². The number of fused-ring (bicyclic) bond motifs is 9. The maximum atomic E-state index is 6.58. The summed E-state index contributed by atoms with van der Waals surface area (Å²) in [6, 6.07) is 27.6. The van der Waals surface area contributed by atoms with Crippen LogP contribution in [0.2, 0.25) is 0 Å². The topological polar surface area (TPSA) is 32.5 Å². The first-order valence-electron chi connectivity index (χ1n) is 12.4. The van der Waals surface area contributed by atoms with Gasteiger partial charge in [0.1, 0.15) is 11.7 Å². The molecule has 1 unspecified atom stereocenters. The van der Waals surface area contributed by atoms with E-state index in [1.165, 1.54) is 11.1 Å². The lowest BCUT2D eigenvalue weighted by molar-refractivity contribution is 0.295. The van der Waals surface area contributed by atoms with Crippen molar-refractivity contribution in [3.05, 3.63) is 97.2 Å². The zero-order valence-electron chi connectivity index (χ0n) is 20.0. The van der Waals surface area contributed by atoms with Crippen molar-refractivity contribution < 1.29 is 4.42 Å². The molecule has 2 aliphatic heterocycles. The quantitative estimate of drug-likeness (QED) is 0.272. The number of anilines is 4. The summed E-state index contributed by atoms with van der Waals surface area (Å²) >= 11 is 0. The SMILES string of the molecule is C=C1c2ccc3c(oc4ccccc43)c2N2c3cccnc3N(c3ccccc3)C2C1(CC)CC. The summed E-state index contributed by atoms with van der Waals surface area (Å²) < 4.78 is 6.58. The third kappa shape index (κ3) is 2.49. The number of para-hydroxylation sites is 2. The highest BCUT2D eigenvalue weighted by Crippen LogP contribution is 2.62. The molecule has 0 saturated carbocycles. The number of rotatable bonds is 3. The molecular formula is C31H27N3O. The van der Waals surface area contributed by atoms with Crippen molar-refractivity contribution in [2.24, 2.45) is 5.41 Å². The van der Waals surface area contributed by atoms with Gasteiger partial charge in [0.2, 0.25) is 0 Å². The molecule has 2 aromatic heterocycles. The highest BCUT2D eigenvalue weighted by atomic mass is 16.3. The van der Waals surface area contributed by atoms with Gasteiger partial charge < -0.3 is 14.2 Å². The van der Waals surface area contributed by atoms with Crippen LogP contribution >= 0.6 is 0 Å². The second-order valence-corrected chi connectivity index (χ2v) is 9.57. The van der Waals surface area contributed by atoms with Crippen LogP contribution in [0, 0.1) is 5.41 Å². The summed E-state index contributed by atoms with van der Waals surface area (Å²) in [5.74, 6) is 0.976. The van der Waals surface area contributed by atoms with E-state index < -0.39 is 0 Å². The molecule has 0 fully saturated rings. The molecule has 4 nitrogen and oxygen atoms in total. The Morgan fingerprint density at radius 2 is 1.63 bits per heavy atom. The Labute approximate surface area is 205 Å². The molecule has 0 bridgehead atoms. The maximum Gasteiger partial charge on any atom is 0.159 e. The molecule has 0 N–H and O–H groups in total. The van der Waals surface area contributed by atoms with Gasteiger partial charge >= 0.3 is 0 Å². The molecule has 1 atom stereocenters. The molecule has 4 heteroatoms. The van der Waals surface area contributed by atoms with Crippen molar-refractivity contribution in [1.82, 2.24) is 4.98 Å². The first-order chi connectivity index (χ1) is 17.2. The van der Waals surface area contributed by atoms with Gasteiger partial charge in [0, 0.05) is 33.6 Å². The fourth-order valence-corrected chi connectivity index (χ4v) is 6.44. The number of pyridine rings is 1. The van der Waals surface area contributed by atoms with E-state index >= 15 is 0 Å². The van der Waals surface area contributed by atoms with Crippen LogP contribution in [0.3, 0.4) is 0 Å². The second-order valence-electron chi connectivity index (χ2n) is 9.57. The lowest BCUT2D eigenvalue weighted by Gasteiger charge is -2.51. The number of benzene rings is 3. The molecule has 35 heavy (non-hydrogen) atoms. The summed E-state index contributed by atoms with van der Waals surface area (Å²) in [6.07, 6.45) is 3.84.